The van der Waals surface area contributed by atoms with Crippen molar-refractivity contribution in [3.63, 3.8) is 0 Å². The van der Waals surface area contributed by atoms with Gasteiger partial charge >= 0.3 is 0 Å². The van der Waals surface area contributed by atoms with Crippen LogP contribution in [0.5, 0.6) is 0 Å². The fraction of sp³-hybridized carbons (Fsp3) is 0.471. The second kappa shape index (κ2) is 3.57. The highest BCUT2D eigenvalue weighted by molar-refractivity contribution is 6.07. The van der Waals surface area contributed by atoms with Crippen LogP contribution in [0.15, 0.2) is 35.9 Å². The number of Topliss-reactive ketones (excluding diaryl/α,β-unsaturated/α-hetero) is 1. The Bertz CT molecular complexity index is 524. The van der Waals surface area contributed by atoms with Crippen molar-refractivity contribution < 1.29 is 4.79 Å². The molecule has 0 saturated heterocycles. The third kappa shape index (κ3) is 1.31. The number of carbonyl (C=O) groups is 1. The largest absolute Gasteiger partial charge is 0.294 e. The Morgan fingerprint density at radius 2 is 1.83 bits per heavy atom. The number of carbonyl (C=O) groups excluding carboxylic acids is 1. The summed E-state index contributed by atoms with van der Waals surface area (Å²) in [5.74, 6) is 0.822. The second-order valence-electron chi connectivity index (χ2n) is 6.48. The van der Waals surface area contributed by atoms with Crippen molar-refractivity contribution in [2.24, 2.45) is 16.7 Å². The van der Waals surface area contributed by atoms with Crippen molar-refractivity contribution in [2.45, 2.75) is 33.6 Å². The SMILES string of the molecule is CC1(C)[C@@H]2CC[C@]1(C)C(=O)/C2=C\c1ccccc1. The van der Waals surface area contributed by atoms with Crippen molar-refractivity contribution >= 4 is 11.9 Å². The van der Waals surface area contributed by atoms with Gasteiger partial charge in [-0.25, -0.2) is 0 Å². The summed E-state index contributed by atoms with van der Waals surface area (Å²) in [5, 5.41) is 0. The smallest absolute Gasteiger partial charge is 0.165 e. The third-order valence-corrected chi connectivity index (χ3v) is 5.49. The predicted octanol–water partition coefficient (Wildman–Crippen LogP) is 4.10. The maximum absolute atomic E-state index is 12.6. The Balaban J connectivity index is 2.07. The van der Waals surface area contributed by atoms with Crippen LogP contribution >= 0.6 is 0 Å². The standard InChI is InChI=1S/C17H20O/c1-16(2)14-9-10-17(16,3)15(18)13(14)11-12-7-5-4-6-8-12/h4-8,11,14H,9-10H2,1-3H3/b13-11-/t14-,17-/m1/s1. The lowest BCUT2D eigenvalue weighted by Crippen LogP contribution is -2.32. The summed E-state index contributed by atoms with van der Waals surface area (Å²) >= 11 is 0. The zero-order chi connectivity index (χ0) is 13.0. The molecule has 2 fully saturated rings. The van der Waals surface area contributed by atoms with Crippen molar-refractivity contribution in [1.29, 1.82) is 0 Å². The van der Waals surface area contributed by atoms with Gasteiger partial charge in [-0.2, -0.15) is 0 Å². The highest BCUT2D eigenvalue weighted by atomic mass is 16.1. The first-order valence-electron chi connectivity index (χ1n) is 6.78. The van der Waals surface area contributed by atoms with Gasteiger partial charge in [0.25, 0.3) is 0 Å². The van der Waals surface area contributed by atoms with Crippen molar-refractivity contribution in [3.05, 3.63) is 41.5 Å². The minimum absolute atomic E-state index is 0.116. The topological polar surface area (TPSA) is 17.1 Å². The Morgan fingerprint density at radius 1 is 1.17 bits per heavy atom. The van der Waals surface area contributed by atoms with Crippen LogP contribution in [0.1, 0.15) is 39.2 Å². The van der Waals surface area contributed by atoms with E-state index in [2.05, 4.69) is 39.0 Å². The first kappa shape index (κ1) is 11.7. The average Bonchev–Trinajstić information content (AvgIpc) is 2.65. The van der Waals surface area contributed by atoms with Gasteiger partial charge in [-0.1, -0.05) is 51.1 Å². The van der Waals surface area contributed by atoms with Gasteiger partial charge in [-0.3, -0.25) is 4.79 Å². The van der Waals surface area contributed by atoms with E-state index in [4.69, 9.17) is 0 Å². The number of rotatable bonds is 1. The van der Waals surface area contributed by atoms with Gasteiger partial charge in [-0.15, -0.1) is 0 Å². The number of allylic oxidation sites excluding steroid dienone is 1. The molecular formula is C17H20O. The Morgan fingerprint density at radius 3 is 2.39 bits per heavy atom. The average molecular weight is 240 g/mol. The van der Waals surface area contributed by atoms with Gasteiger partial charge in [-0.05, 0) is 41.4 Å². The number of hydrogen-bond donors (Lipinski definition) is 0. The molecule has 0 unspecified atom stereocenters. The molecule has 2 bridgehead atoms. The molecule has 0 radical (unpaired) electrons. The summed E-state index contributed by atoms with van der Waals surface area (Å²) in [6.45, 7) is 6.67. The normalized spacial score (nSPS) is 35.4. The zero-order valence-corrected chi connectivity index (χ0v) is 11.4. The zero-order valence-electron chi connectivity index (χ0n) is 11.4. The Labute approximate surface area is 109 Å². The molecule has 1 heteroatoms. The molecular weight excluding hydrogens is 220 g/mol. The molecule has 2 aliphatic rings. The highest BCUT2D eigenvalue weighted by Crippen LogP contribution is 2.65. The molecule has 2 saturated carbocycles. The molecule has 18 heavy (non-hydrogen) atoms. The molecule has 1 aromatic rings. The number of fused-ring (bicyclic) bond motifs is 2. The molecule has 94 valence electrons. The molecule has 0 spiro atoms. The van der Waals surface area contributed by atoms with Gasteiger partial charge in [0.2, 0.25) is 0 Å². The Kier molecular flexibility index (Phi) is 2.32. The minimum Gasteiger partial charge on any atom is -0.294 e. The summed E-state index contributed by atoms with van der Waals surface area (Å²) in [6.07, 6.45) is 4.32. The molecule has 1 aromatic carbocycles. The predicted molar refractivity (Wildman–Crippen MR) is 74.0 cm³/mol. The summed E-state index contributed by atoms with van der Waals surface area (Å²) in [5.41, 5.74) is 2.18. The van der Waals surface area contributed by atoms with Crippen LogP contribution in [-0.4, -0.2) is 5.78 Å². The van der Waals surface area contributed by atoms with E-state index < -0.39 is 0 Å². The van der Waals surface area contributed by atoms with Crippen LogP contribution in [0.4, 0.5) is 0 Å². The number of ketones is 1. The van der Waals surface area contributed by atoms with Gasteiger partial charge in [0.05, 0.1) is 0 Å². The maximum Gasteiger partial charge on any atom is 0.165 e. The van der Waals surface area contributed by atoms with E-state index in [1.807, 2.05) is 18.2 Å². The summed E-state index contributed by atoms with van der Waals surface area (Å²) < 4.78 is 0. The lowest BCUT2D eigenvalue weighted by Gasteiger charge is -2.31. The summed E-state index contributed by atoms with van der Waals surface area (Å²) in [4.78, 5) is 12.6. The molecule has 0 aromatic heterocycles. The van der Waals surface area contributed by atoms with Crippen LogP contribution in [0.25, 0.3) is 6.08 Å². The molecule has 0 N–H and O–H groups in total. The third-order valence-electron chi connectivity index (χ3n) is 5.49. The fourth-order valence-electron chi connectivity index (χ4n) is 3.82. The molecule has 0 aliphatic heterocycles. The summed E-state index contributed by atoms with van der Waals surface area (Å²) in [6, 6.07) is 10.2. The Hall–Kier alpha value is -1.37. The first-order valence-corrected chi connectivity index (χ1v) is 6.78. The quantitative estimate of drug-likeness (QED) is 0.675. The molecule has 2 aliphatic carbocycles. The molecule has 2 atom stereocenters. The van der Waals surface area contributed by atoms with E-state index in [0.29, 0.717) is 11.7 Å². The van der Waals surface area contributed by atoms with Gasteiger partial charge in [0.1, 0.15) is 0 Å². The fourth-order valence-corrected chi connectivity index (χ4v) is 3.82. The van der Waals surface area contributed by atoms with Crippen LogP contribution in [0, 0.1) is 16.7 Å². The lowest BCUT2D eigenvalue weighted by atomic mass is 9.70. The second-order valence-corrected chi connectivity index (χ2v) is 6.48. The van der Waals surface area contributed by atoms with Crippen LogP contribution in [0.3, 0.4) is 0 Å². The monoisotopic (exact) mass is 240 g/mol. The van der Waals surface area contributed by atoms with Crippen LogP contribution in [-0.2, 0) is 4.79 Å². The van der Waals surface area contributed by atoms with Gasteiger partial charge < -0.3 is 0 Å². The van der Waals surface area contributed by atoms with E-state index >= 15 is 0 Å². The lowest BCUT2D eigenvalue weighted by molar-refractivity contribution is -0.125. The maximum atomic E-state index is 12.6. The van der Waals surface area contributed by atoms with Gasteiger partial charge in [0, 0.05) is 5.41 Å². The number of hydrogen-bond acceptors (Lipinski definition) is 1. The van der Waals surface area contributed by atoms with Gasteiger partial charge in [0.15, 0.2) is 5.78 Å². The first-order chi connectivity index (χ1) is 8.47. The molecule has 0 amide bonds. The van der Waals surface area contributed by atoms with Crippen LogP contribution in [0.2, 0.25) is 0 Å². The van der Waals surface area contributed by atoms with E-state index in [1.54, 1.807) is 0 Å². The minimum atomic E-state index is -0.141. The van der Waals surface area contributed by atoms with Crippen molar-refractivity contribution in [3.8, 4) is 0 Å². The molecule has 1 nitrogen and oxygen atoms in total. The van der Waals surface area contributed by atoms with E-state index in [-0.39, 0.29) is 10.8 Å². The molecule has 0 heterocycles. The number of benzene rings is 1. The van der Waals surface area contributed by atoms with E-state index in [9.17, 15) is 4.79 Å². The van der Waals surface area contributed by atoms with Crippen LogP contribution < -0.4 is 0 Å². The summed E-state index contributed by atoms with van der Waals surface area (Å²) in [7, 11) is 0. The molecule has 3 rings (SSSR count). The van der Waals surface area contributed by atoms with Crippen molar-refractivity contribution in [2.75, 3.05) is 0 Å². The van der Waals surface area contributed by atoms with Crippen molar-refractivity contribution in [1.82, 2.24) is 0 Å². The highest BCUT2D eigenvalue weighted by Gasteiger charge is 2.63. The van der Waals surface area contributed by atoms with E-state index in [0.717, 1.165) is 24.0 Å². The van der Waals surface area contributed by atoms with E-state index in [1.165, 1.54) is 0 Å².